The average molecular weight is 243 g/mol. The summed E-state index contributed by atoms with van der Waals surface area (Å²) in [4.78, 5) is 22.5. The Kier molecular flexibility index (Phi) is 3.84. The van der Waals surface area contributed by atoms with Crippen LogP contribution >= 0.6 is 11.6 Å². The number of benzene rings is 1. The lowest BCUT2D eigenvalue weighted by Gasteiger charge is -2.23. The molecule has 0 unspecified atom stereocenters. The monoisotopic (exact) mass is 242 g/mol. The standard InChI is InChI=1S/C10H11ClN2O3/c1-7(2)12(10(11)14)8-3-5-9(6-4-8)13(15)16/h3-7H,1-2H3. The van der Waals surface area contributed by atoms with Gasteiger partial charge in [-0.2, -0.15) is 0 Å². The van der Waals surface area contributed by atoms with Crippen LogP contribution in [0.25, 0.3) is 0 Å². The number of anilines is 1. The normalized spacial score (nSPS) is 10.2. The van der Waals surface area contributed by atoms with Crippen LogP contribution in [0.1, 0.15) is 13.8 Å². The third-order valence-electron chi connectivity index (χ3n) is 2.04. The van der Waals surface area contributed by atoms with Gasteiger partial charge in [-0.05, 0) is 37.6 Å². The molecule has 0 aliphatic carbocycles. The highest BCUT2D eigenvalue weighted by atomic mass is 35.5. The van der Waals surface area contributed by atoms with E-state index in [0.717, 1.165) is 0 Å². The summed E-state index contributed by atoms with van der Waals surface area (Å²) in [6.07, 6.45) is 0. The van der Waals surface area contributed by atoms with Crippen LogP contribution in [0.5, 0.6) is 0 Å². The van der Waals surface area contributed by atoms with Gasteiger partial charge in [0.25, 0.3) is 5.69 Å². The predicted molar refractivity (Wildman–Crippen MR) is 62.0 cm³/mol. The van der Waals surface area contributed by atoms with Crippen LogP contribution in [0.2, 0.25) is 0 Å². The van der Waals surface area contributed by atoms with E-state index >= 15 is 0 Å². The van der Waals surface area contributed by atoms with Crippen molar-refractivity contribution in [2.75, 3.05) is 4.90 Å². The number of non-ortho nitro benzene ring substituents is 1. The number of nitro benzene ring substituents is 1. The number of nitro groups is 1. The molecule has 0 spiro atoms. The first kappa shape index (κ1) is 12.4. The van der Waals surface area contributed by atoms with Crippen molar-refractivity contribution in [3.05, 3.63) is 34.4 Å². The van der Waals surface area contributed by atoms with E-state index in [-0.39, 0.29) is 11.7 Å². The highest BCUT2D eigenvalue weighted by Crippen LogP contribution is 2.22. The molecule has 0 aliphatic rings. The van der Waals surface area contributed by atoms with Crippen LogP contribution in [-0.2, 0) is 0 Å². The van der Waals surface area contributed by atoms with Crippen molar-refractivity contribution < 1.29 is 9.72 Å². The van der Waals surface area contributed by atoms with E-state index in [0.29, 0.717) is 5.69 Å². The molecule has 86 valence electrons. The van der Waals surface area contributed by atoms with Gasteiger partial charge in [0.05, 0.1) is 4.92 Å². The van der Waals surface area contributed by atoms with Crippen LogP contribution in [0.4, 0.5) is 16.2 Å². The molecule has 0 atom stereocenters. The number of hydrogen-bond donors (Lipinski definition) is 0. The first-order chi connectivity index (χ1) is 7.43. The van der Waals surface area contributed by atoms with Crippen molar-refractivity contribution in [3.63, 3.8) is 0 Å². The molecule has 0 saturated carbocycles. The molecule has 1 aromatic carbocycles. The van der Waals surface area contributed by atoms with E-state index in [1.807, 2.05) is 13.8 Å². The number of nitrogens with zero attached hydrogens (tertiary/aromatic N) is 2. The molecule has 0 N–H and O–H groups in total. The molecule has 1 amide bonds. The second kappa shape index (κ2) is 4.94. The zero-order valence-electron chi connectivity index (χ0n) is 8.88. The van der Waals surface area contributed by atoms with Crippen molar-refractivity contribution in [3.8, 4) is 0 Å². The first-order valence-electron chi connectivity index (χ1n) is 4.66. The summed E-state index contributed by atoms with van der Waals surface area (Å²) < 4.78 is 0. The molecule has 0 heterocycles. The minimum Gasteiger partial charge on any atom is -0.296 e. The maximum absolute atomic E-state index is 11.2. The number of carbonyl (C=O) groups is 1. The molecule has 16 heavy (non-hydrogen) atoms. The van der Waals surface area contributed by atoms with Crippen molar-refractivity contribution in [2.24, 2.45) is 0 Å². The van der Waals surface area contributed by atoms with E-state index in [4.69, 9.17) is 11.6 Å². The smallest absolute Gasteiger partial charge is 0.296 e. The maximum Gasteiger partial charge on any atom is 0.321 e. The number of carbonyl (C=O) groups excluding carboxylic acids is 1. The van der Waals surface area contributed by atoms with E-state index < -0.39 is 10.3 Å². The Morgan fingerprint density at radius 1 is 1.38 bits per heavy atom. The van der Waals surface area contributed by atoms with Crippen molar-refractivity contribution in [1.29, 1.82) is 0 Å². The number of rotatable bonds is 3. The van der Waals surface area contributed by atoms with E-state index in [2.05, 4.69) is 0 Å². The van der Waals surface area contributed by atoms with Gasteiger partial charge in [-0.25, -0.2) is 0 Å². The Hall–Kier alpha value is -1.62. The molecule has 0 aromatic heterocycles. The van der Waals surface area contributed by atoms with Gasteiger partial charge in [0, 0.05) is 23.9 Å². The number of amides is 1. The topological polar surface area (TPSA) is 63.5 Å². The second-order valence-electron chi connectivity index (χ2n) is 3.49. The van der Waals surface area contributed by atoms with Gasteiger partial charge >= 0.3 is 5.37 Å². The second-order valence-corrected chi connectivity index (χ2v) is 3.81. The quantitative estimate of drug-likeness (QED) is 0.354. The fraction of sp³-hybridized carbons (Fsp3) is 0.300. The van der Waals surface area contributed by atoms with Crippen molar-refractivity contribution >= 4 is 28.3 Å². The van der Waals surface area contributed by atoms with E-state index in [1.54, 1.807) is 0 Å². The van der Waals surface area contributed by atoms with Gasteiger partial charge < -0.3 is 0 Å². The first-order valence-corrected chi connectivity index (χ1v) is 5.04. The van der Waals surface area contributed by atoms with Gasteiger partial charge in [0.1, 0.15) is 0 Å². The summed E-state index contributed by atoms with van der Waals surface area (Å²) in [5, 5.41) is 9.84. The van der Waals surface area contributed by atoms with Gasteiger partial charge in [-0.3, -0.25) is 19.8 Å². The van der Waals surface area contributed by atoms with Crippen LogP contribution in [0.3, 0.4) is 0 Å². The zero-order valence-corrected chi connectivity index (χ0v) is 9.64. The number of halogens is 1. The van der Waals surface area contributed by atoms with Crippen LogP contribution < -0.4 is 4.90 Å². The third kappa shape index (κ3) is 2.70. The molecule has 5 nitrogen and oxygen atoms in total. The summed E-state index contributed by atoms with van der Waals surface area (Å²) in [5.41, 5.74) is 0.523. The SMILES string of the molecule is CC(C)N(C(=O)Cl)c1ccc([N+](=O)[O-])cc1. The molecule has 0 saturated heterocycles. The van der Waals surface area contributed by atoms with E-state index in [1.165, 1.54) is 29.2 Å². The third-order valence-corrected chi connectivity index (χ3v) is 2.23. The summed E-state index contributed by atoms with van der Waals surface area (Å²) in [5.74, 6) is 0. The molecule has 0 bridgehead atoms. The summed E-state index contributed by atoms with van der Waals surface area (Å²) in [7, 11) is 0. The predicted octanol–water partition coefficient (Wildman–Crippen LogP) is 3.17. The Balaban J connectivity index is 3.03. The van der Waals surface area contributed by atoms with Crippen molar-refractivity contribution in [2.45, 2.75) is 19.9 Å². The molecule has 1 rings (SSSR count). The van der Waals surface area contributed by atoms with E-state index in [9.17, 15) is 14.9 Å². The molecule has 0 fully saturated rings. The van der Waals surface area contributed by atoms with Gasteiger partial charge in [0.15, 0.2) is 0 Å². The largest absolute Gasteiger partial charge is 0.321 e. The Morgan fingerprint density at radius 3 is 2.19 bits per heavy atom. The minimum atomic E-state index is -0.608. The van der Waals surface area contributed by atoms with Gasteiger partial charge in [-0.15, -0.1) is 0 Å². The molecule has 1 aromatic rings. The average Bonchev–Trinajstić information content (AvgIpc) is 2.17. The number of hydrogen-bond acceptors (Lipinski definition) is 3. The molecule has 0 aliphatic heterocycles. The minimum absolute atomic E-state index is 0.0190. The van der Waals surface area contributed by atoms with Crippen LogP contribution in [0, 0.1) is 10.1 Å². The summed E-state index contributed by atoms with van der Waals surface area (Å²) >= 11 is 5.43. The highest BCUT2D eigenvalue weighted by molar-refractivity contribution is 6.66. The van der Waals surface area contributed by atoms with Crippen molar-refractivity contribution in [1.82, 2.24) is 0 Å². The molecular weight excluding hydrogens is 232 g/mol. The highest BCUT2D eigenvalue weighted by Gasteiger charge is 2.17. The van der Waals surface area contributed by atoms with Crippen LogP contribution in [-0.4, -0.2) is 16.3 Å². The molecule has 0 radical (unpaired) electrons. The lowest BCUT2D eigenvalue weighted by atomic mass is 10.2. The summed E-state index contributed by atoms with van der Waals surface area (Å²) in [6.45, 7) is 3.61. The van der Waals surface area contributed by atoms with Gasteiger partial charge in [-0.1, -0.05) is 0 Å². The maximum atomic E-state index is 11.2. The van der Waals surface area contributed by atoms with Gasteiger partial charge in [0.2, 0.25) is 0 Å². The Morgan fingerprint density at radius 2 is 1.88 bits per heavy atom. The summed E-state index contributed by atoms with van der Waals surface area (Å²) in [6, 6.07) is 5.57. The fourth-order valence-electron chi connectivity index (χ4n) is 1.34. The van der Waals surface area contributed by atoms with Crippen LogP contribution in [0.15, 0.2) is 24.3 Å². The molecular formula is C10H11ClN2O3. The Labute approximate surface area is 97.8 Å². The molecule has 6 heteroatoms. The fourth-order valence-corrected chi connectivity index (χ4v) is 1.63. The lowest BCUT2D eigenvalue weighted by Crippen LogP contribution is -2.32. The lowest BCUT2D eigenvalue weighted by molar-refractivity contribution is -0.384. The Bertz CT molecular complexity index is 403. The zero-order chi connectivity index (χ0) is 12.3.